The molecule has 2 aromatic carbocycles. The molecule has 0 fully saturated rings. The van der Waals surface area contributed by atoms with Crippen LogP contribution in [-0.2, 0) is 4.74 Å². The van der Waals surface area contributed by atoms with Crippen LogP contribution in [-0.4, -0.2) is 22.4 Å². The van der Waals surface area contributed by atoms with Gasteiger partial charge in [0, 0.05) is 5.56 Å². The fraction of sp³-hybridized carbons (Fsp3) is 0.111. The molecule has 0 aliphatic heterocycles. The minimum atomic E-state index is -0.528. The van der Waals surface area contributed by atoms with E-state index in [9.17, 15) is 4.79 Å². The first kappa shape index (κ1) is 16.6. The number of rotatable bonds is 4. The monoisotopic (exact) mass is 360 g/mol. The molecule has 1 aromatic heterocycles. The van der Waals surface area contributed by atoms with Crippen molar-refractivity contribution in [1.82, 2.24) is 9.78 Å². The topological polar surface area (TPSA) is 44.1 Å². The molecule has 0 N–H and O–H groups in total. The van der Waals surface area contributed by atoms with Crippen molar-refractivity contribution >= 4 is 29.2 Å². The highest BCUT2D eigenvalue weighted by Gasteiger charge is 2.26. The van der Waals surface area contributed by atoms with Crippen LogP contribution in [0.25, 0.3) is 16.9 Å². The lowest BCUT2D eigenvalue weighted by Gasteiger charge is -2.04. The number of halogens is 2. The van der Waals surface area contributed by atoms with Crippen LogP contribution in [0.4, 0.5) is 0 Å². The normalized spacial score (nSPS) is 10.6. The van der Waals surface area contributed by atoms with Crippen LogP contribution in [0, 0.1) is 0 Å². The van der Waals surface area contributed by atoms with Crippen molar-refractivity contribution < 1.29 is 9.53 Å². The third kappa shape index (κ3) is 3.03. The van der Waals surface area contributed by atoms with E-state index in [-0.39, 0.29) is 17.3 Å². The predicted octanol–water partition coefficient (Wildman–Crippen LogP) is 5.02. The molecule has 0 unspecified atom stereocenters. The van der Waals surface area contributed by atoms with E-state index in [2.05, 4.69) is 5.10 Å². The van der Waals surface area contributed by atoms with E-state index in [1.54, 1.807) is 19.1 Å². The van der Waals surface area contributed by atoms with Gasteiger partial charge in [-0.15, -0.1) is 0 Å². The maximum atomic E-state index is 12.4. The molecule has 4 nitrogen and oxygen atoms in total. The van der Waals surface area contributed by atoms with Gasteiger partial charge in [0.1, 0.15) is 16.4 Å². The Morgan fingerprint density at radius 1 is 1.08 bits per heavy atom. The molecule has 3 aromatic rings. The van der Waals surface area contributed by atoms with Gasteiger partial charge in [0.05, 0.1) is 17.3 Å². The van der Waals surface area contributed by atoms with Gasteiger partial charge in [-0.1, -0.05) is 59.6 Å². The second-order valence-electron chi connectivity index (χ2n) is 4.96. The lowest BCUT2D eigenvalue weighted by atomic mass is 10.1. The molecular weight excluding hydrogens is 347 g/mol. The van der Waals surface area contributed by atoms with E-state index in [1.807, 2.05) is 42.5 Å². The number of benzene rings is 2. The largest absolute Gasteiger partial charge is 0.462 e. The summed E-state index contributed by atoms with van der Waals surface area (Å²) in [6.45, 7) is 1.98. The zero-order valence-electron chi connectivity index (χ0n) is 12.9. The second-order valence-corrected chi connectivity index (χ2v) is 5.73. The predicted molar refractivity (Wildman–Crippen MR) is 95.0 cm³/mol. The van der Waals surface area contributed by atoms with Crippen molar-refractivity contribution in [2.75, 3.05) is 6.61 Å². The highest BCUT2D eigenvalue weighted by molar-refractivity contribution is 6.35. The van der Waals surface area contributed by atoms with Gasteiger partial charge in [-0.05, 0) is 25.1 Å². The van der Waals surface area contributed by atoms with Crippen LogP contribution in [0.15, 0.2) is 54.6 Å². The fourth-order valence-corrected chi connectivity index (χ4v) is 2.89. The van der Waals surface area contributed by atoms with E-state index in [0.29, 0.717) is 16.3 Å². The minimum Gasteiger partial charge on any atom is -0.462 e. The maximum Gasteiger partial charge on any atom is 0.343 e. The highest BCUT2D eigenvalue weighted by atomic mass is 35.5. The number of carbonyl (C=O) groups excluding carboxylic acids is 1. The molecule has 6 heteroatoms. The molecule has 0 spiro atoms. The smallest absolute Gasteiger partial charge is 0.343 e. The van der Waals surface area contributed by atoms with Gasteiger partial charge in [0.25, 0.3) is 0 Å². The van der Waals surface area contributed by atoms with Crippen LogP contribution in [0.3, 0.4) is 0 Å². The maximum absolute atomic E-state index is 12.4. The van der Waals surface area contributed by atoms with Crippen molar-refractivity contribution in [2.24, 2.45) is 0 Å². The van der Waals surface area contributed by atoms with Crippen LogP contribution in [0.2, 0.25) is 10.2 Å². The van der Waals surface area contributed by atoms with E-state index < -0.39 is 5.97 Å². The number of para-hydroxylation sites is 1. The Labute approximate surface area is 149 Å². The SMILES string of the molecule is CCOC(=O)c1c(-c2ccccc2Cl)nn(-c2ccccc2)c1Cl. The number of esters is 1. The van der Waals surface area contributed by atoms with Crippen molar-refractivity contribution in [3.8, 4) is 16.9 Å². The fourth-order valence-electron chi connectivity index (χ4n) is 2.36. The van der Waals surface area contributed by atoms with Crippen LogP contribution in [0.1, 0.15) is 17.3 Å². The van der Waals surface area contributed by atoms with Crippen molar-refractivity contribution in [3.05, 3.63) is 70.3 Å². The molecule has 0 aliphatic rings. The minimum absolute atomic E-state index is 0.189. The molecule has 24 heavy (non-hydrogen) atoms. The lowest BCUT2D eigenvalue weighted by molar-refractivity contribution is 0.0527. The summed E-state index contributed by atoms with van der Waals surface area (Å²) in [5.74, 6) is -0.528. The van der Waals surface area contributed by atoms with Crippen molar-refractivity contribution in [1.29, 1.82) is 0 Å². The summed E-state index contributed by atoms with van der Waals surface area (Å²) in [7, 11) is 0. The van der Waals surface area contributed by atoms with Gasteiger partial charge in [-0.25, -0.2) is 9.48 Å². The summed E-state index contributed by atoms with van der Waals surface area (Å²) in [5, 5.41) is 5.19. The molecule has 0 saturated heterocycles. The molecule has 1 heterocycles. The number of nitrogens with zero attached hydrogens (tertiary/aromatic N) is 2. The number of aromatic nitrogens is 2. The summed E-state index contributed by atoms with van der Waals surface area (Å²) in [5.41, 5.74) is 1.97. The second kappa shape index (κ2) is 7.07. The Balaban J connectivity index is 2.24. The Morgan fingerprint density at radius 2 is 1.75 bits per heavy atom. The first-order valence-electron chi connectivity index (χ1n) is 7.39. The third-order valence-electron chi connectivity index (χ3n) is 3.44. The Bertz CT molecular complexity index is 876. The van der Waals surface area contributed by atoms with Crippen LogP contribution < -0.4 is 0 Å². The number of ether oxygens (including phenoxy) is 1. The quantitative estimate of drug-likeness (QED) is 0.613. The van der Waals surface area contributed by atoms with Crippen LogP contribution in [0.5, 0.6) is 0 Å². The lowest BCUT2D eigenvalue weighted by Crippen LogP contribution is -2.06. The molecule has 0 aliphatic carbocycles. The van der Waals surface area contributed by atoms with Crippen molar-refractivity contribution in [3.63, 3.8) is 0 Å². The van der Waals surface area contributed by atoms with Gasteiger partial charge in [0.15, 0.2) is 0 Å². The molecule has 0 amide bonds. The van der Waals surface area contributed by atoms with Gasteiger partial charge >= 0.3 is 5.97 Å². The Kier molecular flexibility index (Phi) is 4.88. The third-order valence-corrected chi connectivity index (χ3v) is 4.12. The molecule has 3 rings (SSSR count). The summed E-state index contributed by atoms with van der Waals surface area (Å²) >= 11 is 12.7. The summed E-state index contributed by atoms with van der Waals surface area (Å²) in [6.07, 6.45) is 0. The van der Waals surface area contributed by atoms with Gasteiger partial charge in [0.2, 0.25) is 0 Å². The first-order valence-corrected chi connectivity index (χ1v) is 8.15. The summed E-state index contributed by atoms with van der Waals surface area (Å²) < 4.78 is 6.65. The van der Waals surface area contributed by atoms with E-state index in [1.165, 1.54) is 4.68 Å². The molecule has 0 saturated carbocycles. The molecule has 122 valence electrons. The molecule has 0 bridgehead atoms. The zero-order valence-corrected chi connectivity index (χ0v) is 14.4. The molecule has 0 atom stereocenters. The number of carbonyl (C=O) groups is 1. The molecular formula is C18H14Cl2N2O2. The summed E-state index contributed by atoms with van der Waals surface area (Å²) in [4.78, 5) is 12.4. The first-order chi connectivity index (χ1) is 11.6. The van der Waals surface area contributed by atoms with E-state index in [0.717, 1.165) is 5.69 Å². The number of hydrogen-bond donors (Lipinski definition) is 0. The van der Waals surface area contributed by atoms with Gasteiger partial charge < -0.3 is 4.74 Å². The highest BCUT2D eigenvalue weighted by Crippen LogP contribution is 2.34. The van der Waals surface area contributed by atoms with E-state index in [4.69, 9.17) is 27.9 Å². The van der Waals surface area contributed by atoms with Crippen molar-refractivity contribution in [2.45, 2.75) is 6.92 Å². The van der Waals surface area contributed by atoms with Crippen LogP contribution >= 0.6 is 23.2 Å². The van der Waals surface area contributed by atoms with Gasteiger partial charge in [-0.2, -0.15) is 5.10 Å². The average Bonchev–Trinajstić information content (AvgIpc) is 2.93. The standard InChI is InChI=1S/C18H14Cl2N2O2/c1-2-24-18(23)15-16(13-10-6-7-11-14(13)19)21-22(17(15)20)12-8-4-3-5-9-12/h3-11H,2H2,1H3. The number of hydrogen-bond acceptors (Lipinski definition) is 3. The summed E-state index contributed by atoms with van der Waals surface area (Å²) in [6, 6.07) is 16.5. The van der Waals surface area contributed by atoms with E-state index >= 15 is 0 Å². The Morgan fingerprint density at radius 3 is 2.42 bits per heavy atom. The van der Waals surface area contributed by atoms with Gasteiger partial charge in [-0.3, -0.25) is 0 Å². The zero-order chi connectivity index (χ0) is 17.1. The Hall–Kier alpha value is -2.30. The molecule has 0 radical (unpaired) electrons. The average molecular weight is 361 g/mol.